The number of nitrogens with zero attached hydrogens (tertiary/aromatic N) is 1. The summed E-state index contributed by atoms with van der Waals surface area (Å²) in [4.78, 5) is 13.9. The minimum Gasteiger partial charge on any atom is -0.393 e. The number of unbranched alkanes of at least 4 members (excludes halogenated alkanes) is 2. The molecule has 88 valence electrons. The van der Waals surface area contributed by atoms with Crippen LogP contribution in [0.25, 0.3) is 0 Å². The summed E-state index contributed by atoms with van der Waals surface area (Å²) in [5.74, 6) is 0.0496. The van der Waals surface area contributed by atoms with E-state index < -0.39 is 0 Å². The molecule has 0 aromatic heterocycles. The van der Waals surface area contributed by atoms with Gasteiger partial charge in [0.25, 0.3) is 0 Å². The van der Waals surface area contributed by atoms with Crippen LogP contribution in [0, 0.1) is 0 Å². The Morgan fingerprint density at radius 2 is 2.00 bits per heavy atom. The van der Waals surface area contributed by atoms with Crippen molar-refractivity contribution in [3.05, 3.63) is 0 Å². The summed E-state index contributed by atoms with van der Waals surface area (Å²) >= 11 is 4.74. The van der Waals surface area contributed by atoms with Crippen molar-refractivity contribution in [3.8, 4) is 0 Å². The molecule has 0 atom stereocenters. The topological polar surface area (TPSA) is 46.3 Å². The number of hydrogen-bond donors (Lipinski definition) is 1. The quantitative estimate of drug-likeness (QED) is 0.538. The largest absolute Gasteiger partial charge is 0.393 e. The Balaban J connectivity index is 4.13. The third-order valence-corrected chi connectivity index (χ3v) is 2.42. The average Bonchev–Trinajstić information content (AvgIpc) is 2.10. The molecule has 0 rings (SSSR count). The van der Waals surface area contributed by atoms with Crippen molar-refractivity contribution in [3.63, 3.8) is 0 Å². The van der Waals surface area contributed by atoms with Crippen LogP contribution >= 0.6 is 12.2 Å². The second-order valence-corrected chi connectivity index (χ2v) is 4.56. The van der Waals surface area contributed by atoms with Crippen LogP contribution in [-0.4, -0.2) is 28.4 Å². The highest BCUT2D eigenvalue weighted by Gasteiger charge is 2.16. The summed E-state index contributed by atoms with van der Waals surface area (Å²) in [7, 11) is 0. The zero-order chi connectivity index (χ0) is 11.8. The zero-order valence-corrected chi connectivity index (χ0v) is 10.8. The Kier molecular flexibility index (Phi) is 7.30. The van der Waals surface area contributed by atoms with Crippen molar-refractivity contribution in [2.24, 2.45) is 5.73 Å². The Morgan fingerprint density at radius 3 is 2.40 bits per heavy atom. The molecular formula is C11H22N2OS. The first-order valence-corrected chi connectivity index (χ1v) is 5.97. The summed E-state index contributed by atoms with van der Waals surface area (Å²) in [5.41, 5.74) is 5.37. The van der Waals surface area contributed by atoms with Gasteiger partial charge in [-0.3, -0.25) is 4.79 Å². The second-order valence-electron chi connectivity index (χ2n) is 4.03. The molecule has 1 amide bonds. The molecule has 0 aliphatic rings. The van der Waals surface area contributed by atoms with Crippen LogP contribution in [0.15, 0.2) is 0 Å². The lowest BCUT2D eigenvalue weighted by atomic mass is 10.2. The van der Waals surface area contributed by atoms with Crippen LogP contribution in [0.2, 0.25) is 0 Å². The fraction of sp³-hybridized carbons (Fsp3) is 0.818. The molecule has 15 heavy (non-hydrogen) atoms. The van der Waals surface area contributed by atoms with E-state index in [4.69, 9.17) is 18.0 Å². The van der Waals surface area contributed by atoms with Crippen molar-refractivity contribution >= 4 is 23.1 Å². The maximum Gasteiger partial charge on any atom is 0.229 e. The summed E-state index contributed by atoms with van der Waals surface area (Å²) in [6, 6.07) is 0.226. The fourth-order valence-corrected chi connectivity index (χ4v) is 1.58. The Labute approximate surface area is 98.0 Å². The van der Waals surface area contributed by atoms with Gasteiger partial charge in [-0.05, 0) is 20.3 Å². The summed E-state index contributed by atoms with van der Waals surface area (Å²) in [5, 5.41) is 0. The van der Waals surface area contributed by atoms with Gasteiger partial charge in [-0.2, -0.15) is 0 Å². The first-order valence-electron chi connectivity index (χ1n) is 5.56. The molecular weight excluding hydrogens is 208 g/mol. The average molecular weight is 230 g/mol. The van der Waals surface area contributed by atoms with E-state index in [2.05, 4.69) is 6.92 Å². The van der Waals surface area contributed by atoms with Gasteiger partial charge >= 0.3 is 0 Å². The normalized spacial score (nSPS) is 10.4. The van der Waals surface area contributed by atoms with Crippen molar-refractivity contribution in [2.45, 2.75) is 52.5 Å². The standard InChI is InChI=1S/C11H22N2OS/c1-4-5-6-7-13(9(2)3)11(14)8-10(12)15/h9H,4-8H2,1-3H3,(H2,12,15). The first kappa shape index (κ1) is 14.4. The third kappa shape index (κ3) is 6.44. The van der Waals surface area contributed by atoms with Gasteiger partial charge in [0.15, 0.2) is 0 Å². The number of hydrogen-bond acceptors (Lipinski definition) is 2. The molecule has 0 unspecified atom stereocenters. The molecule has 0 radical (unpaired) electrons. The summed E-state index contributed by atoms with van der Waals surface area (Å²) in [6.07, 6.45) is 3.57. The van der Waals surface area contributed by atoms with Gasteiger partial charge in [0.05, 0.1) is 11.4 Å². The van der Waals surface area contributed by atoms with Crippen molar-refractivity contribution in [2.75, 3.05) is 6.54 Å². The van der Waals surface area contributed by atoms with Crippen LogP contribution in [0.4, 0.5) is 0 Å². The third-order valence-electron chi connectivity index (χ3n) is 2.27. The van der Waals surface area contributed by atoms with E-state index in [9.17, 15) is 4.79 Å². The minimum atomic E-state index is 0.0496. The number of rotatable bonds is 7. The highest BCUT2D eigenvalue weighted by Crippen LogP contribution is 2.05. The smallest absolute Gasteiger partial charge is 0.229 e. The van der Waals surface area contributed by atoms with Gasteiger partial charge in [-0.1, -0.05) is 32.0 Å². The number of carbonyl (C=O) groups is 1. The number of thiocarbonyl (C=S) groups is 1. The lowest BCUT2D eigenvalue weighted by molar-refractivity contribution is -0.131. The predicted molar refractivity (Wildman–Crippen MR) is 67.8 cm³/mol. The molecule has 0 aliphatic carbocycles. The zero-order valence-electron chi connectivity index (χ0n) is 9.95. The van der Waals surface area contributed by atoms with E-state index >= 15 is 0 Å². The molecule has 0 heterocycles. The molecule has 0 fully saturated rings. The molecule has 0 spiro atoms. The van der Waals surface area contributed by atoms with E-state index in [0.29, 0.717) is 0 Å². The molecule has 4 heteroatoms. The highest BCUT2D eigenvalue weighted by atomic mass is 32.1. The van der Waals surface area contributed by atoms with E-state index in [0.717, 1.165) is 25.8 Å². The lowest BCUT2D eigenvalue weighted by Crippen LogP contribution is -2.39. The first-order chi connectivity index (χ1) is 6.99. The van der Waals surface area contributed by atoms with E-state index in [1.54, 1.807) is 0 Å². The number of carbonyl (C=O) groups excluding carboxylic acids is 1. The number of nitrogens with two attached hydrogens (primary N) is 1. The Hall–Kier alpha value is -0.640. The Morgan fingerprint density at radius 1 is 1.40 bits per heavy atom. The van der Waals surface area contributed by atoms with Crippen LogP contribution in [-0.2, 0) is 4.79 Å². The summed E-state index contributed by atoms with van der Waals surface area (Å²) < 4.78 is 0. The van der Waals surface area contributed by atoms with Crippen molar-refractivity contribution < 1.29 is 4.79 Å². The molecule has 0 aliphatic heterocycles. The molecule has 2 N–H and O–H groups in total. The SMILES string of the molecule is CCCCCN(C(=O)CC(N)=S)C(C)C. The van der Waals surface area contributed by atoms with E-state index in [-0.39, 0.29) is 23.4 Å². The van der Waals surface area contributed by atoms with Crippen LogP contribution in [0.1, 0.15) is 46.5 Å². The van der Waals surface area contributed by atoms with Crippen LogP contribution < -0.4 is 5.73 Å². The second kappa shape index (κ2) is 7.63. The van der Waals surface area contributed by atoms with Gasteiger partial charge in [-0.15, -0.1) is 0 Å². The van der Waals surface area contributed by atoms with Crippen LogP contribution in [0.5, 0.6) is 0 Å². The van der Waals surface area contributed by atoms with Gasteiger partial charge in [0.1, 0.15) is 0 Å². The highest BCUT2D eigenvalue weighted by molar-refractivity contribution is 7.80. The molecule has 0 bridgehead atoms. The maximum absolute atomic E-state index is 11.7. The Bertz CT molecular complexity index is 217. The fourth-order valence-electron chi connectivity index (χ4n) is 1.45. The van der Waals surface area contributed by atoms with Gasteiger partial charge in [0, 0.05) is 12.6 Å². The molecule has 0 saturated carbocycles. The summed E-state index contributed by atoms with van der Waals surface area (Å²) in [6.45, 7) is 7.00. The van der Waals surface area contributed by atoms with Crippen LogP contribution in [0.3, 0.4) is 0 Å². The minimum absolute atomic E-state index is 0.0496. The molecule has 0 saturated heterocycles. The lowest BCUT2D eigenvalue weighted by Gasteiger charge is -2.26. The maximum atomic E-state index is 11.7. The molecule has 0 aromatic rings. The van der Waals surface area contributed by atoms with Crippen molar-refractivity contribution in [1.82, 2.24) is 4.90 Å². The van der Waals surface area contributed by atoms with E-state index in [1.165, 1.54) is 0 Å². The predicted octanol–water partition coefficient (Wildman–Crippen LogP) is 2.09. The van der Waals surface area contributed by atoms with E-state index in [1.807, 2.05) is 18.7 Å². The van der Waals surface area contributed by atoms with Gasteiger partial charge < -0.3 is 10.6 Å². The van der Waals surface area contributed by atoms with Crippen molar-refractivity contribution in [1.29, 1.82) is 0 Å². The van der Waals surface area contributed by atoms with Gasteiger partial charge in [0.2, 0.25) is 5.91 Å². The van der Waals surface area contributed by atoms with Gasteiger partial charge in [-0.25, -0.2) is 0 Å². The number of amides is 1. The molecule has 0 aromatic carbocycles. The molecule has 3 nitrogen and oxygen atoms in total. The monoisotopic (exact) mass is 230 g/mol.